The summed E-state index contributed by atoms with van der Waals surface area (Å²) in [7, 11) is 1.64. The van der Waals surface area contributed by atoms with E-state index in [2.05, 4.69) is 15.5 Å². The summed E-state index contributed by atoms with van der Waals surface area (Å²) in [6.45, 7) is 0.574. The van der Waals surface area contributed by atoms with Crippen molar-refractivity contribution in [2.45, 2.75) is 19.3 Å². The molecule has 3 aromatic rings. The quantitative estimate of drug-likeness (QED) is 0.639. The molecular weight excluding hydrogens is 366 g/mol. The predicted molar refractivity (Wildman–Crippen MR) is 103 cm³/mol. The van der Waals surface area contributed by atoms with Crippen LogP contribution in [0.2, 0.25) is 5.02 Å². The summed E-state index contributed by atoms with van der Waals surface area (Å²) in [5.41, 5.74) is 1.93. The topological polar surface area (TPSA) is 77.2 Å². The normalized spacial score (nSPS) is 10.6. The summed E-state index contributed by atoms with van der Waals surface area (Å²) >= 11 is 5.87. The Kier molecular flexibility index (Phi) is 6.44. The van der Waals surface area contributed by atoms with E-state index in [0.29, 0.717) is 36.2 Å². The van der Waals surface area contributed by atoms with Crippen molar-refractivity contribution < 1.29 is 13.9 Å². The molecule has 6 nitrogen and oxygen atoms in total. The molecule has 0 aliphatic carbocycles. The Hall–Kier alpha value is -2.86. The summed E-state index contributed by atoms with van der Waals surface area (Å²) in [5, 5.41) is 11.5. The van der Waals surface area contributed by atoms with E-state index in [0.717, 1.165) is 23.3 Å². The Morgan fingerprint density at radius 2 is 1.81 bits per heavy atom. The smallest absolute Gasteiger partial charge is 0.247 e. The minimum Gasteiger partial charge on any atom is -0.497 e. The van der Waals surface area contributed by atoms with Crippen molar-refractivity contribution in [1.82, 2.24) is 15.5 Å². The van der Waals surface area contributed by atoms with Crippen LogP contribution in [-0.2, 0) is 17.6 Å². The van der Waals surface area contributed by atoms with Gasteiger partial charge in [0.15, 0.2) is 0 Å². The monoisotopic (exact) mass is 385 g/mol. The fraction of sp³-hybridized carbons (Fsp3) is 0.250. The zero-order chi connectivity index (χ0) is 19.1. The minimum atomic E-state index is -0.0465. The van der Waals surface area contributed by atoms with Crippen molar-refractivity contribution in [3.63, 3.8) is 0 Å². The van der Waals surface area contributed by atoms with Gasteiger partial charge in [-0.05, 0) is 48.4 Å². The van der Waals surface area contributed by atoms with Crippen LogP contribution in [0.3, 0.4) is 0 Å². The van der Waals surface area contributed by atoms with E-state index in [-0.39, 0.29) is 5.91 Å². The lowest BCUT2D eigenvalue weighted by Crippen LogP contribution is -2.25. The first-order chi connectivity index (χ1) is 13.1. The number of methoxy groups -OCH3 is 1. The average Bonchev–Trinajstić information content (AvgIpc) is 3.16. The number of halogens is 1. The van der Waals surface area contributed by atoms with Gasteiger partial charge in [0.2, 0.25) is 17.7 Å². The molecule has 2 aromatic carbocycles. The first-order valence-corrected chi connectivity index (χ1v) is 9.00. The maximum absolute atomic E-state index is 12.0. The second-order valence-electron chi connectivity index (χ2n) is 5.96. The van der Waals surface area contributed by atoms with Gasteiger partial charge in [-0.2, -0.15) is 0 Å². The van der Waals surface area contributed by atoms with E-state index in [1.165, 1.54) is 0 Å². The molecule has 0 radical (unpaired) electrons. The van der Waals surface area contributed by atoms with Gasteiger partial charge < -0.3 is 14.5 Å². The molecule has 0 aliphatic heterocycles. The number of hydrogen-bond donors (Lipinski definition) is 1. The lowest BCUT2D eigenvalue weighted by molar-refractivity contribution is -0.121. The number of nitrogens with one attached hydrogen (secondary N) is 1. The Morgan fingerprint density at radius 1 is 1.07 bits per heavy atom. The van der Waals surface area contributed by atoms with Crippen LogP contribution in [0.5, 0.6) is 5.75 Å². The summed E-state index contributed by atoms with van der Waals surface area (Å²) in [4.78, 5) is 12.0. The maximum Gasteiger partial charge on any atom is 0.247 e. The molecule has 1 heterocycles. The van der Waals surface area contributed by atoms with Gasteiger partial charge in [-0.15, -0.1) is 10.2 Å². The number of rotatable bonds is 8. The number of amides is 1. The molecule has 1 aromatic heterocycles. The van der Waals surface area contributed by atoms with Gasteiger partial charge in [-0.3, -0.25) is 4.79 Å². The van der Waals surface area contributed by atoms with Crippen molar-refractivity contribution >= 4 is 17.5 Å². The SMILES string of the molecule is COc1ccc(CCNC(=O)CCc2nnc(-c3ccc(Cl)cc3)o2)cc1. The molecule has 27 heavy (non-hydrogen) atoms. The average molecular weight is 386 g/mol. The highest BCUT2D eigenvalue weighted by atomic mass is 35.5. The molecule has 1 amide bonds. The van der Waals surface area contributed by atoms with Crippen molar-refractivity contribution in [2.24, 2.45) is 0 Å². The van der Waals surface area contributed by atoms with Gasteiger partial charge in [0.05, 0.1) is 7.11 Å². The zero-order valence-electron chi connectivity index (χ0n) is 14.9. The van der Waals surface area contributed by atoms with E-state index in [1.807, 2.05) is 36.4 Å². The molecule has 0 bridgehead atoms. The molecule has 0 fully saturated rings. The van der Waals surface area contributed by atoms with E-state index >= 15 is 0 Å². The van der Waals surface area contributed by atoms with E-state index in [1.54, 1.807) is 19.2 Å². The Morgan fingerprint density at radius 3 is 2.52 bits per heavy atom. The molecule has 0 atom stereocenters. The fourth-order valence-corrected chi connectivity index (χ4v) is 2.64. The standard InChI is InChI=1S/C20H20ClN3O3/c1-26-17-8-2-14(3-9-17)12-13-22-18(25)10-11-19-23-24-20(27-19)15-4-6-16(21)7-5-15/h2-9H,10-13H2,1H3,(H,22,25). The molecule has 0 saturated heterocycles. The second kappa shape index (κ2) is 9.19. The lowest BCUT2D eigenvalue weighted by Gasteiger charge is -2.05. The predicted octanol–water partition coefficient (Wildman–Crippen LogP) is 3.69. The van der Waals surface area contributed by atoms with Crippen LogP contribution >= 0.6 is 11.6 Å². The molecule has 0 unspecified atom stereocenters. The number of nitrogens with zero attached hydrogens (tertiary/aromatic N) is 2. The minimum absolute atomic E-state index is 0.0465. The van der Waals surface area contributed by atoms with Crippen LogP contribution in [0.1, 0.15) is 17.9 Å². The van der Waals surface area contributed by atoms with Crippen LogP contribution < -0.4 is 10.1 Å². The van der Waals surface area contributed by atoms with Crippen molar-refractivity contribution in [2.75, 3.05) is 13.7 Å². The Balaban J connectivity index is 1.42. The highest BCUT2D eigenvalue weighted by Crippen LogP contribution is 2.20. The third-order valence-electron chi connectivity index (χ3n) is 4.02. The molecule has 1 N–H and O–H groups in total. The van der Waals surface area contributed by atoms with Crippen LogP contribution in [0.4, 0.5) is 0 Å². The van der Waals surface area contributed by atoms with E-state index in [9.17, 15) is 4.79 Å². The number of carbonyl (C=O) groups is 1. The molecule has 0 saturated carbocycles. The third-order valence-corrected chi connectivity index (χ3v) is 4.27. The van der Waals surface area contributed by atoms with E-state index in [4.69, 9.17) is 20.8 Å². The lowest BCUT2D eigenvalue weighted by atomic mass is 10.1. The number of aromatic nitrogens is 2. The maximum atomic E-state index is 12.0. The highest BCUT2D eigenvalue weighted by Gasteiger charge is 2.10. The Bertz CT molecular complexity index is 876. The van der Waals surface area contributed by atoms with Crippen LogP contribution in [0.25, 0.3) is 11.5 Å². The molecule has 3 rings (SSSR count). The molecule has 140 valence electrons. The first kappa shape index (κ1) is 18.9. The largest absolute Gasteiger partial charge is 0.497 e. The highest BCUT2D eigenvalue weighted by molar-refractivity contribution is 6.30. The number of benzene rings is 2. The number of hydrogen-bond acceptors (Lipinski definition) is 5. The summed E-state index contributed by atoms with van der Waals surface area (Å²) < 4.78 is 10.7. The van der Waals surface area contributed by atoms with Crippen LogP contribution in [0, 0.1) is 0 Å². The fourth-order valence-electron chi connectivity index (χ4n) is 2.51. The zero-order valence-corrected chi connectivity index (χ0v) is 15.7. The molecule has 0 aliphatic rings. The van der Waals surface area contributed by atoms with Gasteiger partial charge in [-0.1, -0.05) is 23.7 Å². The number of aryl methyl sites for hydroxylation is 1. The van der Waals surface area contributed by atoms with Gasteiger partial charge in [-0.25, -0.2) is 0 Å². The van der Waals surface area contributed by atoms with Crippen molar-refractivity contribution in [3.8, 4) is 17.2 Å². The van der Waals surface area contributed by atoms with E-state index < -0.39 is 0 Å². The number of ether oxygens (including phenoxy) is 1. The summed E-state index contributed by atoms with van der Waals surface area (Å²) in [6, 6.07) is 14.9. The number of carbonyl (C=O) groups excluding carboxylic acids is 1. The van der Waals surface area contributed by atoms with Crippen LogP contribution in [0.15, 0.2) is 52.9 Å². The second-order valence-corrected chi connectivity index (χ2v) is 6.39. The first-order valence-electron chi connectivity index (χ1n) is 8.62. The van der Waals surface area contributed by atoms with Gasteiger partial charge in [0.1, 0.15) is 5.75 Å². The van der Waals surface area contributed by atoms with Crippen LogP contribution in [-0.4, -0.2) is 29.8 Å². The Labute approximate surface area is 162 Å². The molecular formula is C20H20ClN3O3. The third kappa shape index (κ3) is 5.56. The molecule has 7 heteroatoms. The van der Waals surface area contributed by atoms with Gasteiger partial charge in [0, 0.05) is 30.0 Å². The van der Waals surface area contributed by atoms with Crippen molar-refractivity contribution in [3.05, 3.63) is 65.0 Å². The molecule has 0 spiro atoms. The van der Waals surface area contributed by atoms with Gasteiger partial charge in [0.25, 0.3) is 0 Å². The van der Waals surface area contributed by atoms with Gasteiger partial charge >= 0.3 is 0 Å². The van der Waals surface area contributed by atoms with Crippen molar-refractivity contribution in [1.29, 1.82) is 0 Å². The summed E-state index contributed by atoms with van der Waals surface area (Å²) in [6.07, 6.45) is 1.46. The summed E-state index contributed by atoms with van der Waals surface area (Å²) in [5.74, 6) is 1.63.